The summed E-state index contributed by atoms with van der Waals surface area (Å²) >= 11 is 1.26. The molecule has 0 atom stereocenters. The number of ether oxygens (including phenoxy) is 1. The number of esters is 1. The van der Waals surface area contributed by atoms with Crippen molar-refractivity contribution in [3.8, 4) is 0 Å². The minimum Gasteiger partial charge on any atom is -0.454 e. The summed E-state index contributed by atoms with van der Waals surface area (Å²) in [6.45, 7) is 2.74. The highest BCUT2D eigenvalue weighted by Gasteiger charge is 2.13. The van der Waals surface area contributed by atoms with Crippen LogP contribution in [0, 0.1) is 6.92 Å². The lowest BCUT2D eigenvalue weighted by molar-refractivity contribution is -0.147. The first-order valence-electron chi connectivity index (χ1n) is 9.03. The van der Waals surface area contributed by atoms with Crippen molar-refractivity contribution in [2.45, 2.75) is 20.3 Å². The van der Waals surface area contributed by atoms with E-state index in [1.165, 1.54) is 11.3 Å². The quantitative estimate of drug-likeness (QED) is 0.537. The van der Waals surface area contributed by atoms with E-state index in [2.05, 4.69) is 16.0 Å². The van der Waals surface area contributed by atoms with Gasteiger partial charge in [0.15, 0.2) is 6.61 Å². The van der Waals surface area contributed by atoms with E-state index in [0.29, 0.717) is 10.6 Å². The van der Waals surface area contributed by atoms with Crippen molar-refractivity contribution in [2.24, 2.45) is 0 Å². The molecule has 0 spiro atoms. The highest BCUT2D eigenvalue weighted by atomic mass is 32.1. The molecule has 0 aliphatic carbocycles. The summed E-state index contributed by atoms with van der Waals surface area (Å²) in [5.74, 6) is -2.11. The van der Waals surface area contributed by atoms with Gasteiger partial charge in [-0.05, 0) is 35.9 Å². The van der Waals surface area contributed by atoms with Crippen molar-refractivity contribution in [1.82, 2.24) is 10.6 Å². The van der Waals surface area contributed by atoms with Gasteiger partial charge in [0.25, 0.3) is 11.8 Å². The molecule has 0 bridgehead atoms. The SMILES string of the molecule is CCc1cccc(C)c1NC(=O)COC(=O)CNC(=O)CNC(=O)c1cccs1. The fourth-order valence-corrected chi connectivity index (χ4v) is 3.10. The fraction of sp³-hybridized carbons (Fsp3) is 0.300. The van der Waals surface area contributed by atoms with Crippen LogP contribution < -0.4 is 16.0 Å². The maximum atomic E-state index is 12.0. The molecule has 1 aromatic carbocycles. The Morgan fingerprint density at radius 1 is 1.00 bits per heavy atom. The molecule has 29 heavy (non-hydrogen) atoms. The number of amides is 3. The van der Waals surface area contributed by atoms with Gasteiger partial charge in [0.2, 0.25) is 5.91 Å². The van der Waals surface area contributed by atoms with Gasteiger partial charge in [-0.3, -0.25) is 19.2 Å². The maximum absolute atomic E-state index is 12.0. The first-order valence-corrected chi connectivity index (χ1v) is 9.91. The second-order valence-corrected chi connectivity index (χ2v) is 7.06. The standard InChI is InChI=1S/C20H23N3O5S/c1-3-14-7-4-6-13(2)19(14)23-17(25)12-28-18(26)11-21-16(24)10-22-20(27)15-8-5-9-29-15/h4-9H,3,10-12H2,1-2H3,(H,21,24)(H,22,27)(H,23,25). The Morgan fingerprint density at radius 2 is 1.79 bits per heavy atom. The second kappa shape index (κ2) is 11.0. The molecular weight excluding hydrogens is 394 g/mol. The monoisotopic (exact) mass is 417 g/mol. The Labute approximate surface area is 172 Å². The zero-order valence-corrected chi connectivity index (χ0v) is 17.1. The number of thiophene rings is 1. The van der Waals surface area contributed by atoms with Crippen LogP contribution in [0.3, 0.4) is 0 Å². The fourth-order valence-electron chi connectivity index (χ4n) is 2.46. The van der Waals surface area contributed by atoms with Crippen molar-refractivity contribution < 1.29 is 23.9 Å². The number of anilines is 1. The van der Waals surface area contributed by atoms with E-state index >= 15 is 0 Å². The lowest BCUT2D eigenvalue weighted by Gasteiger charge is -2.13. The molecule has 3 N–H and O–H groups in total. The molecular formula is C20H23N3O5S. The lowest BCUT2D eigenvalue weighted by atomic mass is 10.1. The molecule has 9 heteroatoms. The van der Waals surface area contributed by atoms with Gasteiger partial charge in [-0.25, -0.2) is 0 Å². The predicted octanol–water partition coefficient (Wildman–Crippen LogP) is 1.65. The summed E-state index contributed by atoms with van der Waals surface area (Å²) in [7, 11) is 0. The van der Waals surface area contributed by atoms with Crippen LogP contribution in [0.4, 0.5) is 5.69 Å². The van der Waals surface area contributed by atoms with E-state index in [4.69, 9.17) is 4.74 Å². The van der Waals surface area contributed by atoms with Gasteiger partial charge in [-0.1, -0.05) is 31.2 Å². The summed E-state index contributed by atoms with van der Waals surface area (Å²) in [5.41, 5.74) is 2.62. The Balaban J connectivity index is 1.68. The van der Waals surface area contributed by atoms with Crippen LogP contribution in [0.5, 0.6) is 0 Å². The average molecular weight is 417 g/mol. The summed E-state index contributed by atoms with van der Waals surface area (Å²) in [5, 5.41) is 9.27. The summed E-state index contributed by atoms with van der Waals surface area (Å²) < 4.78 is 4.87. The van der Waals surface area contributed by atoms with E-state index in [9.17, 15) is 19.2 Å². The number of aryl methyl sites for hydroxylation is 2. The highest BCUT2D eigenvalue weighted by Crippen LogP contribution is 2.20. The third-order valence-electron chi connectivity index (χ3n) is 3.95. The summed E-state index contributed by atoms with van der Waals surface area (Å²) in [6, 6.07) is 9.08. The molecule has 0 saturated carbocycles. The van der Waals surface area contributed by atoms with Crippen LogP contribution in [0.25, 0.3) is 0 Å². The van der Waals surface area contributed by atoms with Gasteiger partial charge in [0.1, 0.15) is 6.54 Å². The minimum absolute atomic E-state index is 0.266. The first-order chi connectivity index (χ1) is 13.9. The third-order valence-corrected chi connectivity index (χ3v) is 4.82. The Morgan fingerprint density at radius 3 is 2.48 bits per heavy atom. The van der Waals surface area contributed by atoms with Crippen LogP contribution >= 0.6 is 11.3 Å². The van der Waals surface area contributed by atoms with Gasteiger partial charge >= 0.3 is 5.97 Å². The van der Waals surface area contributed by atoms with Crippen LogP contribution in [0.15, 0.2) is 35.7 Å². The van der Waals surface area contributed by atoms with Crippen LogP contribution in [-0.4, -0.2) is 43.4 Å². The minimum atomic E-state index is -0.751. The maximum Gasteiger partial charge on any atom is 0.325 e. The Kier molecular flexibility index (Phi) is 8.35. The Bertz CT molecular complexity index is 880. The highest BCUT2D eigenvalue weighted by molar-refractivity contribution is 7.12. The van der Waals surface area contributed by atoms with Gasteiger partial charge in [-0.15, -0.1) is 11.3 Å². The average Bonchev–Trinajstić information content (AvgIpc) is 3.25. The van der Waals surface area contributed by atoms with Crippen LogP contribution in [-0.2, 0) is 25.5 Å². The number of carbonyl (C=O) groups is 4. The molecule has 0 aliphatic heterocycles. The van der Waals surface area contributed by atoms with Crippen molar-refractivity contribution in [3.05, 3.63) is 51.7 Å². The number of nitrogens with one attached hydrogen (secondary N) is 3. The van der Waals surface area contributed by atoms with Crippen LogP contribution in [0.2, 0.25) is 0 Å². The number of hydrogen-bond acceptors (Lipinski definition) is 6. The second-order valence-electron chi connectivity index (χ2n) is 6.11. The van der Waals surface area contributed by atoms with Crippen molar-refractivity contribution in [3.63, 3.8) is 0 Å². The molecule has 1 aromatic heterocycles. The zero-order chi connectivity index (χ0) is 21.2. The zero-order valence-electron chi connectivity index (χ0n) is 16.2. The number of carbonyl (C=O) groups excluding carboxylic acids is 4. The topological polar surface area (TPSA) is 114 Å². The predicted molar refractivity (Wildman–Crippen MR) is 110 cm³/mol. The molecule has 2 aromatic rings. The molecule has 0 saturated heterocycles. The van der Waals surface area contributed by atoms with Gasteiger partial charge < -0.3 is 20.7 Å². The van der Waals surface area contributed by atoms with E-state index in [0.717, 1.165) is 17.5 Å². The number of benzene rings is 1. The molecule has 0 aliphatic rings. The summed E-state index contributed by atoms with van der Waals surface area (Å²) in [4.78, 5) is 47.7. The first kappa shape index (κ1) is 22.1. The molecule has 0 fully saturated rings. The molecule has 3 amide bonds. The lowest BCUT2D eigenvalue weighted by Crippen LogP contribution is -2.39. The molecule has 0 unspecified atom stereocenters. The van der Waals surface area contributed by atoms with Crippen molar-refractivity contribution >= 4 is 40.7 Å². The number of para-hydroxylation sites is 1. The Hall–Kier alpha value is -3.20. The van der Waals surface area contributed by atoms with E-state index < -0.39 is 30.9 Å². The van der Waals surface area contributed by atoms with E-state index in [1.54, 1.807) is 17.5 Å². The molecule has 1 heterocycles. The number of rotatable bonds is 9. The molecule has 154 valence electrons. The number of hydrogen-bond donors (Lipinski definition) is 3. The smallest absolute Gasteiger partial charge is 0.325 e. The molecule has 0 radical (unpaired) electrons. The van der Waals surface area contributed by atoms with Gasteiger partial charge in [-0.2, -0.15) is 0 Å². The van der Waals surface area contributed by atoms with Crippen molar-refractivity contribution in [2.75, 3.05) is 25.0 Å². The normalized spacial score (nSPS) is 10.1. The van der Waals surface area contributed by atoms with Crippen LogP contribution in [0.1, 0.15) is 27.7 Å². The van der Waals surface area contributed by atoms with E-state index in [-0.39, 0.29) is 12.5 Å². The molecule has 2 rings (SSSR count). The molecule has 8 nitrogen and oxygen atoms in total. The third kappa shape index (κ3) is 7.04. The van der Waals surface area contributed by atoms with Gasteiger partial charge in [0.05, 0.1) is 11.4 Å². The summed E-state index contributed by atoms with van der Waals surface area (Å²) in [6.07, 6.45) is 0.756. The van der Waals surface area contributed by atoms with Gasteiger partial charge in [0, 0.05) is 5.69 Å². The van der Waals surface area contributed by atoms with Crippen molar-refractivity contribution in [1.29, 1.82) is 0 Å². The largest absolute Gasteiger partial charge is 0.454 e. The van der Waals surface area contributed by atoms with E-state index in [1.807, 2.05) is 32.0 Å².